The quantitative estimate of drug-likeness (QED) is 0.772. The van der Waals surface area contributed by atoms with Crippen LogP contribution in [-0.2, 0) is 0 Å². The molecule has 5 heteroatoms. The van der Waals surface area contributed by atoms with Crippen molar-refractivity contribution in [2.75, 3.05) is 20.8 Å². The number of hydrogen-bond donors (Lipinski definition) is 1. The van der Waals surface area contributed by atoms with E-state index in [1.807, 2.05) is 0 Å². The normalized spacial score (nSPS) is 10.0. The van der Waals surface area contributed by atoms with Crippen molar-refractivity contribution in [3.8, 4) is 11.5 Å². The third-order valence-electron chi connectivity index (χ3n) is 2.13. The Hall–Kier alpha value is -1.62. The Bertz CT molecular complexity index is 393. The molecule has 1 rings (SSSR count). The first-order chi connectivity index (χ1) is 7.63. The molecule has 4 nitrogen and oxygen atoms in total. The zero-order valence-corrected chi connectivity index (χ0v) is 9.25. The van der Waals surface area contributed by atoms with Crippen LogP contribution >= 0.6 is 0 Å². The maximum absolute atomic E-state index is 13.6. The lowest BCUT2D eigenvalue weighted by molar-refractivity contribution is 0.0978. The third-order valence-corrected chi connectivity index (χ3v) is 2.13. The van der Waals surface area contributed by atoms with Crippen LogP contribution in [0.25, 0.3) is 0 Å². The number of Topliss-reactive ketones (excluding diaryl/α,β-unsaturated/α-hetero) is 1. The van der Waals surface area contributed by atoms with Crippen molar-refractivity contribution in [1.82, 2.24) is 0 Å². The number of carbonyl (C=O) groups is 1. The van der Waals surface area contributed by atoms with E-state index in [1.54, 1.807) is 0 Å². The number of halogens is 1. The van der Waals surface area contributed by atoms with Crippen LogP contribution in [-0.4, -0.2) is 26.5 Å². The monoisotopic (exact) mass is 227 g/mol. The fraction of sp³-hybridized carbons (Fsp3) is 0.364. The van der Waals surface area contributed by atoms with Gasteiger partial charge in [0, 0.05) is 18.6 Å². The molecule has 0 heterocycles. The summed E-state index contributed by atoms with van der Waals surface area (Å²) in [5, 5.41) is 0. The number of nitrogens with two attached hydrogens (primary N) is 1. The molecule has 1 aromatic rings. The number of rotatable bonds is 5. The second kappa shape index (κ2) is 5.46. The maximum Gasteiger partial charge on any atom is 0.170 e. The first-order valence-electron chi connectivity index (χ1n) is 4.78. The Labute approximate surface area is 93.2 Å². The zero-order chi connectivity index (χ0) is 12.1. The van der Waals surface area contributed by atoms with Gasteiger partial charge in [-0.25, -0.2) is 4.39 Å². The highest BCUT2D eigenvalue weighted by Crippen LogP contribution is 2.28. The summed E-state index contributed by atoms with van der Waals surface area (Å²) in [5.74, 6) is -0.567. The molecular formula is C11H14FNO3. The van der Waals surface area contributed by atoms with Crippen molar-refractivity contribution in [1.29, 1.82) is 0 Å². The Kier molecular flexibility index (Phi) is 4.25. The van der Waals surface area contributed by atoms with Gasteiger partial charge in [-0.15, -0.1) is 0 Å². The summed E-state index contributed by atoms with van der Waals surface area (Å²) < 4.78 is 23.5. The van der Waals surface area contributed by atoms with Crippen molar-refractivity contribution in [2.24, 2.45) is 5.73 Å². The average molecular weight is 227 g/mol. The molecule has 0 aliphatic heterocycles. The van der Waals surface area contributed by atoms with Crippen LogP contribution in [0.5, 0.6) is 11.5 Å². The van der Waals surface area contributed by atoms with Gasteiger partial charge < -0.3 is 15.2 Å². The van der Waals surface area contributed by atoms with Crippen LogP contribution in [0.4, 0.5) is 4.39 Å². The van der Waals surface area contributed by atoms with E-state index in [9.17, 15) is 9.18 Å². The van der Waals surface area contributed by atoms with Gasteiger partial charge in [0.15, 0.2) is 5.78 Å². The summed E-state index contributed by atoms with van der Waals surface area (Å²) in [6.07, 6.45) is 0.0829. The van der Waals surface area contributed by atoms with Gasteiger partial charge >= 0.3 is 0 Å². The fourth-order valence-electron chi connectivity index (χ4n) is 1.36. The van der Waals surface area contributed by atoms with Crippen molar-refractivity contribution >= 4 is 5.78 Å². The van der Waals surface area contributed by atoms with Crippen molar-refractivity contribution in [3.63, 3.8) is 0 Å². The Morgan fingerprint density at radius 3 is 2.56 bits per heavy atom. The Morgan fingerprint density at radius 1 is 1.38 bits per heavy atom. The smallest absolute Gasteiger partial charge is 0.170 e. The molecule has 0 aromatic heterocycles. The summed E-state index contributed by atoms with van der Waals surface area (Å²) >= 11 is 0. The van der Waals surface area contributed by atoms with Gasteiger partial charge in [0.05, 0.1) is 19.8 Å². The predicted octanol–water partition coefficient (Wildman–Crippen LogP) is 1.37. The van der Waals surface area contributed by atoms with Gasteiger partial charge in [-0.05, 0) is 6.54 Å². The summed E-state index contributed by atoms with van der Waals surface area (Å²) in [7, 11) is 2.78. The number of methoxy groups -OCH3 is 2. The van der Waals surface area contributed by atoms with Crippen LogP contribution in [0.2, 0.25) is 0 Å². The summed E-state index contributed by atoms with van der Waals surface area (Å²) in [6, 6.07) is 2.61. The lowest BCUT2D eigenvalue weighted by Crippen LogP contribution is -2.11. The lowest BCUT2D eigenvalue weighted by Gasteiger charge is -2.10. The fourth-order valence-corrected chi connectivity index (χ4v) is 1.36. The topological polar surface area (TPSA) is 61.5 Å². The van der Waals surface area contributed by atoms with E-state index in [4.69, 9.17) is 15.2 Å². The second-order valence-corrected chi connectivity index (χ2v) is 3.15. The largest absolute Gasteiger partial charge is 0.497 e. The second-order valence-electron chi connectivity index (χ2n) is 3.15. The predicted molar refractivity (Wildman–Crippen MR) is 57.5 cm³/mol. The first kappa shape index (κ1) is 12.4. The number of ketones is 1. The summed E-state index contributed by atoms with van der Waals surface area (Å²) in [4.78, 5) is 11.6. The third kappa shape index (κ3) is 2.49. The minimum atomic E-state index is -0.658. The molecule has 0 fully saturated rings. The van der Waals surface area contributed by atoms with Crippen LogP contribution < -0.4 is 15.2 Å². The zero-order valence-electron chi connectivity index (χ0n) is 9.25. The number of benzene rings is 1. The molecule has 16 heavy (non-hydrogen) atoms. The van der Waals surface area contributed by atoms with E-state index in [2.05, 4.69) is 0 Å². The van der Waals surface area contributed by atoms with E-state index >= 15 is 0 Å². The summed E-state index contributed by atoms with van der Waals surface area (Å²) in [6.45, 7) is 0.174. The van der Waals surface area contributed by atoms with Crippen LogP contribution in [0.15, 0.2) is 12.1 Å². The highest BCUT2D eigenvalue weighted by Gasteiger charge is 2.18. The molecule has 0 amide bonds. The molecule has 0 bridgehead atoms. The van der Waals surface area contributed by atoms with Crippen molar-refractivity contribution in [3.05, 3.63) is 23.5 Å². The Balaban J connectivity index is 3.21. The van der Waals surface area contributed by atoms with E-state index < -0.39 is 5.82 Å². The first-order valence-corrected chi connectivity index (χ1v) is 4.78. The lowest BCUT2D eigenvalue weighted by atomic mass is 10.1. The van der Waals surface area contributed by atoms with Crippen LogP contribution in [0.1, 0.15) is 16.8 Å². The van der Waals surface area contributed by atoms with E-state index in [0.29, 0.717) is 5.75 Å². The Morgan fingerprint density at radius 2 is 2.06 bits per heavy atom. The highest BCUT2D eigenvalue weighted by molar-refractivity contribution is 5.99. The molecule has 0 aliphatic carbocycles. The number of ether oxygens (including phenoxy) is 2. The minimum absolute atomic E-state index is 0.0752. The van der Waals surface area contributed by atoms with Gasteiger partial charge in [-0.1, -0.05) is 0 Å². The SMILES string of the molecule is COc1cc(F)c(C(=O)CCN)c(OC)c1. The molecule has 0 saturated carbocycles. The molecule has 88 valence electrons. The molecule has 0 atom stereocenters. The molecule has 1 aromatic carbocycles. The molecular weight excluding hydrogens is 213 g/mol. The van der Waals surface area contributed by atoms with Gasteiger partial charge in [-0.2, -0.15) is 0 Å². The molecule has 0 unspecified atom stereocenters. The standard InChI is InChI=1S/C11H14FNO3/c1-15-7-5-8(12)11(9(14)3-4-13)10(6-7)16-2/h5-6H,3-4,13H2,1-2H3. The minimum Gasteiger partial charge on any atom is -0.497 e. The van der Waals surface area contributed by atoms with Crippen LogP contribution in [0, 0.1) is 5.82 Å². The summed E-state index contributed by atoms with van der Waals surface area (Å²) in [5.41, 5.74) is 5.18. The highest BCUT2D eigenvalue weighted by atomic mass is 19.1. The van der Waals surface area contributed by atoms with Gasteiger partial charge in [0.2, 0.25) is 0 Å². The van der Waals surface area contributed by atoms with Gasteiger partial charge in [0.1, 0.15) is 17.3 Å². The van der Waals surface area contributed by atoms with E-state index in [0.717, 1.165) is 6.07 Å². The number of hydrogen-bond acceptors (Lipinski definition) is 4. The molecule has 0 spiro atoms. The van der Waals surface area contributed by atoms with E-state index in [-0.39, 0.29) is 30.1 Å². The maximum atomic E-state index is 13.6. The number of carbonyl (C=O) groups excluding carboxylic acids is 1. The molecule has 0 aliphatic rings. The molecule has 0 saturated heterocycles. The molecule has 0 radical (unpaired) electrons. The molecule has 2 N–H and O–H groups in total. The van der Waals surface area contributed by atoms with Gasteiger partial charge in [-0.3, -0.25) is 4.79 Å². The van der Waals surface area contributed by atoms with Crippen molar-refractivity contribution < 1.29 is 18.7 Å². The average Bonchev–Trinajstić information content (AvgIpc) is 2.27. The van der Waals surface area contributed by atoms with Gasteiger partial charge in [0.25, 0.3) is 0 Å². The van der Waals surface area contributed by atoms with Crippen molar-refractivity contribution in [2.45, 2.75) is 6.42 Å². The van der Waals surface area contributed by atoms with Crippen LogP contribution in [0.3, 0.4) is 0 Å². The van der Waals surface area contributed by atoms with E-state index in [1.165, 1.54) is 20.3 Å².